The fourth-order valence-corrected chi connectivity index (χ4v) is 5.02. The molecule has 0 spiro atoms. The highest BCUT2D eigenvalue weighted by atomic mass is 16.6. The van der Waals surface area contributed by atoms with Crippen LogP contribution in [0.5, 0.6) is 11.5 Å². The molecule has 5 rings (SSSR count). The fourth-order valence-electron chi connectivity index (χ4n) is 5.02. The van der Waals surface area contributed by atoms with Crippen LogP contribution in [0.25, 0.3) is 0 Å². The van der Waals surface area contributed by atoms with Gasteiger partial charge >= 0.3 is 11.9 Å². The van der Waals surface area contributed by atoms with Gasteiger partial charge in [-0.1, -0.05) is 36.4 Å². The molecule has 0 unspecified atom stereocenters. The van der Waals surface area contributed by atoms with E-state index in [0.29, 0.717) is 22.6 Å². The number of para-hydroxylation sites is 2. The van der Waals surface area contributed by atoms with Gasteiger partial charge in [0, 0.05) is 25.3 Å². The van der Waals surface area contributed by atoms with Gasteiger partial charge in [-0.15, -0.1) is 0 Å². The Morgan fingerprint density at radius 2 is 1.12 bits per heavy atom. The molecule has 0 amide bonds. The lowest BCUT2D eigenvalue weighted by molar-refractivity contribution is -0.336. The van der Waals surface area contributed by atoms with Gasteiger partial charge in [-0.05, 0) is 12.1 Å². The van der Waals surface area contributed by atoms with Gasteiger partial charge in [0.25, 0.3) is 0 Å². The molecule has 3 aliphatic rings. The monoisotopic (exact) mass is 352 g/mol. The van der Waals surface area contributed by atoms with Gasteiger partial charge in [-0.25, -0.2) is 0 Å². The molecule has 4 atom stereocenters. The maximum atomic E-state index is 12.8. The van der Waals surface area contributed by atoms with Crippen LogP contribution in [-0.2, 0) is 30.3 Å². The normalized spacial score (nSPS) is 33.6. The number of benzene rings is 2. The van der Waals surface area contributed by atoms with Gasteiger partial charge in [0.1, 0.15) is 34.5 Å². The first-order valence-electron chi connectivity index (χ1n) is 8.34. The average Bonchev–Trinajstić information content (AvgIpc) is 2.63. The number of hydrogen-bond acceptors (Lipinski definition) is 6. The van der Waals surface area contributed by atoms with Crippen LogP contribution in [0, 0.1) is 11.8 Å². The zero-order chi connectivity index (χ0) is 18.1. The highest BCUT2D eigenvalue weighted by molar-refractivity contribution is 5.94. The summed E-state index contributed by atoms with van der Waals surface area (Å²) in [6, 6.07) is 14.4. The van der Waals surface area contributed by atoms with Gasteiger partial charge in [0.15, 0.2) is 0 Å². The van der Waals surface area contributed by atoms with Gasteiger partial charge in [-0.3, -0.25) is 9.59 Å². The molecule has 2 aliphatic heterocycles. The van der Waals surface area contributed by atoms with Crippen molar-refractivity contribution in [1.82, 2.24) is 0 Å². The van der Waals surface area contributed by atoms with Crippen LogP contribution in [0.1, 0.15) is 11.1 Å². The topological polar surface area (TPSA) is 71.1 Å². The molecule has 0 saturated heterocycles. The van der Waals surface area contributed by atoms with Gasteiger partial charge in [0.05, 0.1) is 0 Å². The Labute approximate surface area is 149 Å². The van der Waals surface area contributed by atoms with E-state index in [1.807, 2.05) is 24.3 Å². The minimum atomic E-state index is -1.17. The minimum absolute atomic E-state index is 0.418. The number of fused-ring (bicyclic) bond motifs is 8. The molecule has 0 N–H and O–H groups in total. The molecular weight excluding hydrogens is 336 g/mol. The zero-order valence-corrected chi connectivity index (χ0v) is 14.2. The average molecular weight is 352 g/mol. The first-order chi connectivity index (χ1) is 12.6. The molecule has 132 valence electrons. The van der Waals surface area contributed by atoms with Gasteiger partial charge in [0.2, 0.25) is 0 Å². The number of hydrogen-bond donors (Lipinski definition) is 0. The van der Waals surface area contributed by atoms with Crippen molar-refractivity contribution < 1.29 is 28.5 Å². The zero-order valence-electron chi connectivity index (χ0n) is 14.2. The van der Waals surface area contributed by atoms with E-state index in [0.717, 1.165) is 0 Å². The Balaban J connectivity index is 1.88. The first-order valence-corrected chi connectivity index (χ1v) is 8.34. The summed E-state index contributed by atoms with van der Waals surface area (Å²) in [7, 11) is 3.06. The van der Waals surface area contributed by atoms with Crippen LogP contribution in [0.3, 0.4) is 0 Å². The van der Waals surface area contributed by atoms with Crippen LogP contribution in [0.2, 0.25) is 0 Å². The number of rotatable bonds is 2. The molecule has 6 nitrogen and oxygen atoms in total. The van der Waals surface area contributed by atoms with E-state index in [1.54, 1.807) is 24.3 Å². The summed E-state index contributed by atoms with van der Waals surface area (Å²) in [6.07, 6.45) is 0. The first kappa shape index (κ1) is 15.5. The largest absolute Gasteiger partial charge is 0.426 e. The summed E-state index contributed by atoms with van der Waals surface area (Å²) in [5.41, 5.74) is -0.966. The van der Waals surface area contributed by atoms with Crippen molar-refractivity contribution in [2.24, 2.45) is 11.8 Å². The lowest BCUT2D eigenvalue weighted by Crippen LogP contribution is -2.79. The Kier molecular flexibility index (Phi) is 2.95. The smallest absolute Gasteiger partial charge is 0.318 e. The highest BCUT2D eigenvalue weighted by Crippen LogP contribution is 2.72. The minimum Gasteiger partial charge on any atom is -0.426 e. The van der Waals surface area contributed by atoms with E-state index in [9.17, 15) is 9.59 Å². The molecule has 1 saturated carbocycles. The second-order valence-electron chi connectivity index (χ2n) is 6.67. The van der Waals surface area contributed by atoms with Crippen LogP contribution >= 0.6 is 0 Å². The second-order valence-corrected chi connectivity index (χ2v) is 6.67. The molecule has 2 aromatic carbocycles. The molecular formula is C20H16O6. The number of methoxy groups -OCH3 is 2. The van der Waals surface area contributed by atoms with Crippen molar-refractivity contribution in [3.63, 3.8) is 0 Å². The van der Waals surface area contributed by atoms with Crippen molar-refractivity contribution in [1.29, 1.82) is 0 Å². The highest BCUT2D eigenvalue weighted by Gasteiger charge is 2.83. The second kappa shape index (κ2) is 4.93. The Hall–Kier alpha value is -2.70. The summed E-state index contributed by atoms with van der Waals surface area (Å²) in [4.78, 5) is 25.6. The molecule has 6 heteroatoms. The van der Waals surface area contributed by atoms with E-state index in [2.05, 4.69) is 0 Å². The van der Waals surface area contributed by atoms with Crippen LogP contribution in [-0.4, -0.2) is 26.2 Å². The predicted molar refractivity (Wildman–Crippen MR) is 88.5 cm³/mol. The number of carbonyl (C=O) groups excluding carboxylic acids is 2. The maximum absolute atomic E-state index is 12.8. The maximum Gasteiger partial charge on any atom is 0.318 e. The van der Waals surface area contributed by atoms with E-state index >= 15 is 0 Å². The third-order valence-corrected chi connectivity index (χ3v) is 5.91. The standard InChI is InChI=1S/C20H16O6/c1-23-19-11-7-3-5-9-13(11)25-17(21)15(19)16-18(22)26-14-10-6-4-8-12(14)20(16,19)24-2/h3-10,15-16H,1-2H3/t15-,16-,19-,20-/m0/s1. The third-order valence-electron chi connectivity index (χ3n) is 5.91. The molecule has 2 aromatic rings. The Morgan fingerprint density at radius 3 is 1.50 bits per heavy atom. The van der Waals surface area contributed by atoms with Crippen LogP contribution in [0.4, 0.5) is 0 Å². The molecule has 0 radical (unpaired) electrons. The van der Waals surface area contributed by atoms with Gasteiger partial charge in [-0.2, -0.15) is 0 Å². The lowest BCUT2D eigenvalue weighted by Gasteiger charge is -2.67. The number of esters is 2. The van der Waals surface area contributed by atoms with Crippen molar-refractivity contribution in [3.8, 4) is 11.5 Å². The summed E-state index contributed by atoms with van der Waals surface area (Å²) >= 11 is 0. The van der Waals surface area contributed by atoms with Crippen LogP contribution in [0.15, 0.2) is 48.5 Å². The fraction of sp³-hybridized carbons (Fsp3) is 0.300. The Morgan fingerprint density at radius 1 is 0.731 bits per heavy atom. The quantitative estimate of drug-likeness (QED) is 0.609. The van der Waals surface area contributed by atoms with Crippen molar-refractivity contribution in [2.75, 3.05) is 14.2 Å². The number of ether oxygens (including phenoxy) is 4. The summed E-state index contributed by atoms with van der Waals surface area (Å²) < 4.78 is 23.0. The van der Waals surface area contributed by atoms with E-state index in [-0.39, 0.29) is 0 Å². The van der Waals surface area contributed by atoms with Crippen molar-refractivity contribution >= 4 is 11.9 Å². The summed E-state index contributed by atoms with van der Waals surface area (Å²) in [6.45, 7) is 0. The molecule has 26 heavy (non-hydrogen) atoms. The molecule has 1 aliphatic carbocycles. The number of carbonyl (C=O) groups is 2. The SMILES string of the molecule is CO[C@@]12c3ccccc3OC(=O)[C@@H]1[C@H]1C(=O)Oc3ccccc3[C@]12OC. The van der Waals surface area contributed by atoms with Crippen molar-refractivity contribution in [3.05, 3.63) is 59.7 Å². The predicted octanol–water partition coefficient (Wildman–Crippen LogP) is 2.15. The third kappa shape index (κ3) is 1.43. The summed E-state index contributed by atoms with van der Waals surface area (Å²) in [5, 5.41) is 0. The molecule has 1 fully saturated rings. The van der Waals surface area contributed by atoms with Crippen LogP contribution < -0.4 is 9.47 Å². The van der Waals surface area contributed by atoms with E-state index in [1.165, 1.54) is 14.2 Å². The Bertz CT molecular complexity index is 875. The summed E-state index contributed by atoms with van der Waals surface area (Å²) in [5.74, 6) is -1.88. The molecule has 0 aromatic heterocycles. The van der Waals surface area contributed by atoms with E-state index < -0.39 is 35.0 Å². The molecule has 2 heterocycles. The lowest BCUT2D eigenvalue weighted by atomic mass is 9.44. The molecule has 0 bridgehead atoms. The van der Waals surface area contributed by atoms with E-state index in [4.69, 9.17) is 18.9 Å². The van der Waals surface area contributed by atoms with Gasteiger partial charge < -0.3 is 18.9 Å². The van der Waals surface area contributed by atoms with Crippen molar-refractivity contribution in [2.45, 2.75) is 11.2 Å².